The number of carbonyl (C=O) groups excluding carboxylic acids is 1. The zero-order valence-electron chi connectivity index (χ0n) is 16.5. The summed E-state index contributed by atoms with van der Waals surface area (Å²) >= 11 is 0. The maximum absolute atomic E-state index is 12.4. The van der Waals surface area contributed by atoms with Gasteiger partial charge in [0.2, 0.25) is 10.0 Å². The predicted octanol–water partition coefficient (Wildman–Crippen LogP) is 3.38. The van der Waals surface area contributed by atoms with Crippen molar-refractivity contribution in [3.05, 3.63) is 65.2 Å². The molecular weight excluding hydrogens is 421 g/mol. The fraction of sp³-hybridized carbons (Fsp3) is 0.350. The lowest BCUT2D eigenvalue weighted by Crippen LogP contribution is -2.30. The summed E-state index contributed by atoms with van der Waals surface area (Å²) in [4.78, 5) is 12.4. The third kappa shape index (κ3) is 7.77. The minimum atomic E-state index is -4.37. The van der Waals surface area contributed by atoms with Crippen LogP contribution in [0.5, 0.6) is 0 Å². The molecule has 2 aromatic rings. The highest BCUT2D eigenvalue weighted by Crippen LogP contribution is 2.16. The largest absolute Gasteiger partial charge is 0.411 e. The van der Waals surface area contributed by atoms with Crippen molar-refractivity contribution in [2.45, 2.75) is 44.1 Å². The lowest BCUT2D eigenvalue weighted by atomic mass is 10.1. The van der Waals surface area contributed by atoms with E-state index in [0.717, 1.165) is 5.56 Å². The molecule has 1 amide bonds. The standard InChI is InChI=1S/C20H23F3N2O4S/c1-14(2)25-30(27,28)18-5-3-4-17(10-18)19(26)24-11-15-6-8-16(9-7-15)12-29-13-20(21,22)23/h3-10,14,25H,11-13H2,1-2H3,(H,24,26). The van der Waals surface area contributed by atoms with Gasteiger partial charge in [-0.2, -0.15) is 13.2 Å². The quantitative estimate of drug-likeness (QED) is 0.621. The summed E-state index contributed by atoms with van der Waals surface area (Å²) in [5.41, 5.74) is 1.50. The van der Waals surface area contributed by atoms with Crippen LogP contribution in [-0.4, -0.2) is 33.1 Å². The molecule has 0 saturated heterocycles. The molecule has 0 aliphatic carbocycles. The number of hydrogen-bond acceptors (Lipinski definition) is 4. The second-order valence-corrected chi connectivity index (χ2v) is 8.62. The Labute approximate surface area is 173 Å². The van der Waals surface area contributed by atoms with Crippen LogP contribution in [0.1, 0.15) is 35.3 Å². The lowest BCUT2D eigenvalue weighted by molar-refractivity contribution is -0.176. The number of carbonyl (C=O) groups is 1. The van der Waals surface area contributed by atoms with Gasteiger partial charge in [0.05, 0.1) is 11.5 Å². The molecule has 6 nitrogen and oxygen atoms in total. The lowest BCUT2D eigenvalue weighted by Gasteiger charge is -2.11. The number of nitrogens with one attached hydrogen (secondary N) is 2. The first-order valence-corrected chi connectivity index (χ1v) is 10.6. The molecule has 10 heteroatoms. The van der Waals surface area contributed by atoms with Gasteiger partial charge in [-0.25, -0.2) is 13.1 Å². The molecule has 0 bridgehead atoms. The van der Waals surface area contributed by atoms with Crippen molar-refractivity contribution in [2.24, 2.45) is 0 Å². The van der Waals surface area contributed by atoms with Crippen LogP contribution in [0.2, 0.25) is 0 Å². The summed E-state index contributed by atoms with van der Waals surface area (Å²) in [6.07, 6.45) is -4.37. The van der Waals surface area contributed by atoms with Crippen molar-refractivity contribution in [3.63, 3.8) is 0 Å². The zero-order chi connectivity index (χ0) is 22.4. The molecule has 2 rings (SSSR count). The maximum atomic E-state index is 12.4. The van der Waals surface area contributed by atoms with E-state index in [4.69, 9.17) is 0 Å². The van der Waals surface area contributed by atoms with E-state index in [2.05, 4.69) is 14.8 Å². The minimum Gasteiger partial charge on any atom is -0.367 e. The third-order valence-corrected chi connectivity index (χ3v) is 5.46. The van der Waals surface area contributed by atoms with Crippen LogP contribution in [0.4, 0.5) is 13.2 Å². The molecule has 0 aliphatic heterocycles. The van der Waals surface area contributed by atoms with Crippen LogP contribution in [-0.2, 0) is 27.9 Å². The van der Waals surface area contributed by atoms with E-state index in [-0.39, 0.29) is 29.7 Å². The smallest absolute Gasteiger partial charge is 0.367 e. The molecule has 0 aliphatic rings. The number of alkyl halides is 3. The first kappa shape index (κ1) is 23.8. The molecule has 0 atom stereocenters. The van der Waals surface area contributed by atoms with Crippen LogP contribution < -0.4 is 10.0 Å². The Kier molecular flexibility index (Phi) is 7.99. The summed E-state index contributed by atoms with van der Waals surface area (Å²) in [5, 5.41) is 2.68. The molecule has 2 aromatic carbocycles. The highest BCUT2D eigenvalue weighted by atomic mass is 32.2. The normalized spacial score (nSPS) is 12.2. The molecular formula is C20H23F3N2O4S. The highest BCUT2D eigenvalue weighted by Gasteiger charge is 2.27. The molecule has 164 valence electrons. The maximum Gasteiger partial charge on any atom is 0.411 e. The van der Waals surface area contributed by atoms with Crippen molar-refractivity contribution in [3.8, 4) is 0 Å². The number of benzene rings is 2. The molecule has 0 spiro atoms. The molecule has 0 fully saturated rings. The van der Waals surface area contributed by atoms with Crippen LogP contribution in [0.15, 0.2) is 53.4 Å². The summed E-state index contributed by atoms with van der Waals surface area (Å²) in [6, 6.07) is 12.0. The highest BCUT2D eigenvalue weighted by molar-refractivity contribution is 7.89. The Morgan fingerprint density at radius 1 is 1.07 bits per heavy atom. The Balaban J connectivity index is 1.94. The first-order chi connectivity index (χ1) is 14.0. The second kappa shape index (κ2) is 10.1. The van der Waals surface area contributed by atoms with Crippen LogP contribution in [0.3, 0.4) is 0 Å². The SMILES string of the molecule is CC(C)NS(=O)(=O)c1cccc(C(=O)NCc2ccc(COCC(F)(F)F)cc2)c1. The summed E-state index contributed by atoms with van der Waals surface area (Å²) in [7, 11) is -3.72. The number of amides is 1. The van der Waals surface area contributed by atoms with Crippen LogP contribution in [0, 0.1) is 0 Å². The zero-order valence-corrected chi connectivity index (χ0v) is 17.3. The van der Waals surface area contributed by atoms with E-state index >= 15 is 0 Å². The van der Waals surface area contributed by atoms with E-state index in [1.54, 1.807) is 38.1 Å². The summed E-state index contributed by atoms with van der Waals surface area (Å²) in [5.74, 6) is -0.450. The average Bonchev–Trinajstić information content (AvgIpc) is 2.65. The fourth-order valence-electron chi connectivity index (χ4n) is 2.51. The number of rotatable bonds is 9. The van der Waals surface area contributed by atoms with Crippen LogP contribution >= 0.6 is 0 Å². The molecule has 2 N–H and O–H groups in total. The number of halogens is 3. The molecule has 0 unspecified atom stereocenters. The van der Waals surface area contributed by atoms with E-state index in [1.165, 1.54) is 24.3 Å². The van der Waals surface area contributed by atoms with Crippen molar-refractivity contribution in [1.29, 1.82) is 0 Å². The van der Waals surface area contributed by atoms with Gasteiger partial charge in [0.1, 0.15) is 6.61 Å². The molecule has 0 radical (unpaired) electrons. The van der Waals surface area contributed by atoms with Gasteiger partial charge >= 0.3 is 6.18 Å². The van der Waals surface area contributed by atoms with Crippen LogP contribution in [0.25, 0.3) is 0 Å². The van der Waals surface area contributed by atoms with E-state index in [9.17, 15) is 26.4 Å². The van der Waals surface area contributed by atoms with Crippen molar-refractivity contribution in [2.75, 3.05) is 6.61 Å². The van der Waals surface area contributed by atoms with Gasteiger partial charge in [0, 0.05) is 18.2 Å². The Morgan fingerprint density at radius 3 is 2.30 bits per heavy atom. The molecule has 30 heavy (non-hydrogen) atoms. The van der Waals surface area contributed by atoms with E-state index < -0.39 is 28.7 Å². The molecule has 0 saturated carbocycles. The fourth-order valence-corrected chi connectivity index (χ4v) is 3.80. The number of hydrogen-bond donors (Lipinski definition) is 2. The minimum absolute atomic E-state index is 0.00735. The van der Waals surface area contributed by atoms with Gasteiger partial charge in [-0.05, 0) is 43.2 Å². The van der Waals surface area contributed by atoms with Crippen molar-refractivity contribution in [1.82, 2.24) is 10.0 Å². The van der Waals surface area contributed by atoms with Gasteiger partial charge < -0.3 is 10.1 Å². The molecule has 0 aromatic heterocycles. The van der Waals surface area contributed by atoms with E-state index in [1.807, 2.05) is 0 Å². The van der Waals surface area contributed by atoms with Gasteiger partial charge in [-0.15, -0.1) is 0 Å². The van der Waals surface area contributed by atoms with Gasteiger partial charge in [0.15, 0.2) is 0 Å². The predicted molar refractivity (Wildman–Crippen MR) is 105 cm³/mol. The summed E-state index contributed by atoms with van der Waals surface area (Å²) in [6.45, 7) is 2.08. The Morgan fingerprint density at radius 2 is 1.70 bits per heavy atom. The third-order valence-electron chi connectivity index (χ3n) is 3.81. The average molecular weight is 444 g/mol. The topological polar surface area (TPSA) is 84.5 Å². The van der Waals surface area contributed by atoms with Crippen molar-refractivity contribution >= 4 is 15.9 Å². The second-order valence-electron chi connectivity index (χ2n) is 6.91. The Bertz CT molecular complexity index is 959. The van der Waals surface area contributed by atoms with E-state index in [0.29, 0.717) is 5.56 Å². The summed E-state index contributed by atoms with van der Waals surface area (Å²) < 4.78 is 67.8. The molecule has 0 heterocycles. The monoisotopic (exact) mass is 444 g/mol. The van der Waals surface area contributed by atoms with Gasteiger partial charge in [-0.1, -0.05) is 30.3 Å². The van der Waals surface area contributed by atoms with Gasteiger partial charge in [-0.3, -0.25) is 4.79 Å². The number of ether oxygens (including phenoxy) is 1. The van der Waals surface area contributed by atoms with Crippen molar-refractivity contribution < 1.29 is 31.1 Å². The van der Waals surface area contributed by atoms with Gasteiger partial charge in [0.25, 0.3) is 5.91 Å². The Hall–Kier alpha value is -2.43. The number of sulfonamides is 1. The first-order valence-electron chi connectivity index (χ1n) is 9.09.